The minimum Gasteiger partial charge on any atom is -0.494 e. The van der Waals surface area contributed by atoms with Gasteiger partial charge in [-0.15, -0.1) is 0 Å². The molecule has 2 N–H and O–H groups in total. The Morgan fingerprint density at radius 3 is 2.47 bits per heavy atom. The van der Waals surface area contributed by atoms with Crippen LogP contribution in [-0.2, 0) is 22.5 Å². The summed E-state index contributed by atoms with van der Waals surface area (Å²) in [6.45, 7) is 9.63. The Labute approximate surface area is 335 Å². The zero-order valence-corrected chi connectivity index (χ0v) is 33.6. The lowest BCUT2D eigenvalue weighted by Crippen LogP contribution is -2.43. The van der Waals surface area contributed by atoms with Crippen molar-refractivity contribution in [2.75, 3.05) is 43.0 Å². The van der Waals surface area contributed by atoms with Gasteiger partial charge in [-0.1, -0.05) is 41.7 Å². The summed E-state index contributed by atoms with van der Waals surface area (Å²) < 4.78 is 28.3. The van der Waals surface area contributed by atoms with Crippen LogP contribution in [0.1, 0.15) is 84.0 Å². The number of esters is 1. The number of nitrogens with zero attached hydrogens (tertiary/aromatic N) is 4. The SMILES string of the molecule is Cc1cc(OCCCC2(F)CCN(CC(=O)O)CC2)ccc1-c1ccc(N2CCc3cccc(C(=O)Nc4nc5ccccc5s4)c3C2)nc1C(=O)OC(C)(C)C. The van der Waals surface area contributed by atoms with Crippen molar-refractivity contribution in [3.63, 3.8) is 0 Å². The number of carbonyl (C=O) groups is 3. The summed E-state index contributed by atoms with van der Waals surface area (Å²) in [6.07, 6.45) is 2.21. The number of alkyl halides is 1. The van der Waals surface area contributed by atoms with Gasteiger partial charge in [0.2, 0.25) is 0 Å². The molecule has 0 aliphatic carbocycles. The van der Waals surface area contributed by atoms with Crippen molar-refractivity contribution >= 4 is 50.3 Å². The zero-order chi connectivity index (χ0) is 40.3. The summed E-state index contributed by atoms with van der Waals surface area (Å²) in [5.41, 5.74) is 3.82. The Kier molecular flexibility index (Phi) is 11.6. The van der Waals surface area contributed by atoms with E-state index in [9.17, 15) is 14.4 Å². The maximum atomic E-state index is 15.4. The van der Waals surface area contributed by atoms with E-state index in [1.165, 1.54) is 11.3 Å². The van der Waals surface area contributed by atoms with Gasteiger partial charge in [-0.2, -0.15) is 0 Å². The fourth-order valence-electron chi connectivity index (χ4n) is 7.56. The van der Waals surface area contributed by atoms with Crippen molar-refractivity contribution in [2.45, 2.75) is 77.6 Å². The molecule has 2 aliphatic rings. The van der Waals surface area contributed by atoms with Gasteiger partial charge in [0.1, 0.15) is 22.8 Å². The molecule has 0 unspecified atom stereocenters. The van der Waals surface area contributed by atoms with E-state index in [2.05, 4.69) is 15.2 Å². The first-order chi connectivity index (χ1) is 27.2. The summed E-state index contributed by atoms with van der Waals surface area (Å²) in [5.74, 6) is -0.424. The number of amides is 1. The number of likely N-dealkylation sites (tertiary alicyclic amines) is 1. The number of halogens is 1. The van der Waals surface area contributed by atoms with Crippen molar-refractivity contribution in [3.8, 4) is 16.9 Å². The Hall–Kier alpha value is -5.40. The van der Waals surface area contributed by atoms with E-state index in [0.29, 0.717) is 92.7 Å². The molecular formula is C44H48FN5O6S. The van der Waals surface area contributed by atoms with Crippen LogP contribution in [0.25, 0.3) is 21.3 Å². The molecule has 1 amide bonds. The number of hydrogen-bond acceptors (Lipinski definition) is 10. The number of rotatable bonds is 12. The number of benzene rings is 3. The molecule has 57 heavy (non-hydrogen) atoms. The van der Waals surface area contributed by atoms with E-state index >= 15 is 4.39 Å². The van der Waals surface area contributed by atoms with Crippen LogP contribution in [0, 0.1) is 6.92 Å². The maximum absolute atomic E-state index is 15.4. The number of aryl methyl sites for hydroxylation is 1. The number of thiazole rings is 1. The smallest absolute Gasteiger partial charge is 0.358 e. The van der Waals surface area contributed by atoms with E-state index in [4.69, 9.17) is 19.6 Å². The van der Waals surface area contributed by atoms with Crippen molar-refractivity contribution < 1.29 is 33.4 Å². The number of hydrogen-bond donors (Lipinski definition) is 2. The number of pyridine rings is 1. The summed E-state index contributed by atoms with van der Waals surface area (Å²) in [6, 6.07) is 23.0. The summed E-state index contributed by atoms with van der Waals surface area (Å²) in [7, 11) is 0. The molecule has 1 fully saturated rings. The minimum absolute atomic E-state index is 0.0584. The topological polar surface area (TPSA) is 134 Å². The third-order valence-corrected chi connectivity index (χ3v) is 11.4. The molecule has 5 aromatic rings. The average Bonchev–Trinajstić information content (AvgIpc) is 3.58. The van der Waals surface area contributed by atoms with Crippen LogP contribution in [0.5, 0.6) is 5.75 Å². The molecule has 0 saturated carbocycles. The van der Waals surface area contributed by atoms with E-state index in [0.717, 1.165) is 32.5 Å². The van der Waals surface area contributed by atoms with Gasteiger partial charge in [0, 0.05) is 37.3 Å². The first-order valence-corrected chi connectivity index (χ1v) is 20.2. The number of nitrogens with one attached hydrogen (secondary N) is 1. The highest BCUT2D eigenvalue weighted by atomic mass is 32.1. The van der Waals surface area contributed by atoms with Crippen LogP contribution in [0.15, 0.2) is 72.8 Å². The molecule has 13 heteroatoms. The molecule has 0 atom stereocenters. The monoisotopic (exact) mass is 793 g/mol. The number of anilines is 2. The molecule has 7 rings (SSSR count). The van der Waals surface area contributed by atoms with Crippen LogP contribution in [0.2, 0.25) is 0 Å². The molecule has 4 heterocycles. The zero-order valence-electron chi connectivity index (χ0n) is 32.8. The van der Waals surface area contributed by atoms with Crippen LogP contribution in [0.3, 0.4) is 0 Å². The molecule has 2 aliphatic heterocycles. The largest absolute Gasteiger partial charge is 0.494 e. The lowest BCUT2D eigenvalue weighted by molar-refractivity contribution is -0.139. The Morgan fingerprint density at radius 1 is 0.965 bits per heavy atom. The van der Waals surface area contributed by atoms with Gasteiger partial charge in [-0.3, -0.25) is 19.8 Å². The average molecular weight is 794 g/mol. The van der Waals surface area contributed by atoms with Gasteiger partial charge in [0.25, 0.3) is 5.91 Å². The fraction of sp³-hybridized carbons (Fsp3) is 0.386. The molecule has 0 radical (unpaired) electrons. The van der Waals surface area contributed by atoms with Crippen LogP contribution in [0.4, 0.5) is 15.3 Å². The summed E-state index contributed by atoms with van der Waals surface area (Å²) in [4.78, 5) is 51.8. The predicted octanol–water partition coefficient (Wildman–Crippen LogP) is 8.48. The van der Waals surface area contributed by atoms with Gasteiger partial charge < -0.3 is 19.5 Å². The van der Waals surface area contributed by atoms with Crippen molar-refractivity contribution in [1.29, 1.82) is 0 Å². The van der Waals surface area contributed by atoms with E-state index in [1.54, 1.807) is 4.90 Å². The first-order valence-electron chi connectivity index (χ1n) is 19.4. The van der Waals surface area contributed by atoms with Crippen molar-refractivity contribution in [2.24, 2.45) is 0 Å². The number of ether oxygens (including phenoxy) is 2. The number of fused-ring (bicyclic) bond motifs is 2. The molecule has 11 nitrogen and oxygen atoms in total. The molecule has 0 spiro atoms. The Bertz CT molecular complexity index is 2260. The van der Waals surface area contributed by atoms with E-state index in [-0.39, 0.29) is 18.1 Å². The lowest BCUT2D eigenvalue weighted by Gasteiger charge is -2.35. The first kappa shape index (κ1) is 39.8. The van der Waals surface area contributed by atoms with Gasteiger partial charge in [0.15, 0.2) is 10.8 Å². The quantitative estimate of drug-likeness (QED) is 0.0936. The van der Waals surface area contributed by atoms with Crippen molar-refractivity contribution in [1.82, 2.24) is 14.9 Å². The molecule has 1 saturated heterocycles. The highest BCUT2D eigenvalue weighted by molar-refractivity contribution is 7.22. The highest BCUT2D eigenvalue weighted by Crippen LogP contribution is 2.35. The van der Waals surface area contributed by atoms with Crippen LogP contribution in [-0.4, -0.2) is 81.9 Å². The number of para-hydroxylation sites is 1. The van der Waals surface area contributed by atoms with E-state index in [1.807, 2.05) is 100 Å². The number of aliphatic carboxylic acids is 1. The van der Waals surface area contributed by atoms with Crippen LogP contribution >= 0.6 is 11.3 Å². The van der Waals surface area contributed by atoms with Gasteiger partial charge in [0.05, 0.1) is 23.4 Å². The Balaban J connectivity index is 1.06. The molecular weight excluding hydrogens is 746 g/mol. The standard InChI is InChI=1S/C44H48FN5O6S/c1-28-25-30(55-24-8-18-44(45)19-22-49(23-20-44)27-38(51)52)13-14-31(28)32-15-16-37(47-39(32)41(54)56-43(2,3)4)50-21-17-29-9-7-10-33(34(29)26-50)40(53)48-42-46-35-11-5-6-12-36(35)57-42/h5-7,9-16,25H,8,17-24,26-27H2,1-4H3,(H,51,52)(H,46,48,53). The fourth-order valence-corrected chi connectivity index (χ4v) is 8.42. The third-order valence-electron chi connectivity index (χ3n) is 10.5. The second kappa shape index (κ2) is 16.6. The number of aromatic nitrogens is 2. The lowest BCUT2D eigenvalue weighted by atomic mass is 9.89. The van der Waals surface area contributed by atoms with Crippen LogP contribution < -0.4 is 15.0 Å². The molecule has 3 aromatic carbocycles. The normalized spacial score (nSPS) is 15.6. The summed E-state index contributed by atoms with van der Waals surface area (Å²) in [5, 5.41) is 12.6. The Morgan fingerprint density at radius 2 is 1.74 bits per heavy atom. The predicted molar refractivity (Wildman–Crippen MR) is 220 cm³/mol. The molecule has 0 bridgehead atoms. The highest BCUT2D eigenvalue weighted by Gasteiger charge is 2.34. The molecule has 2 aromatic heterocycles. The minimum atomic E-state index is -1.32. The van der Waals surface area contributed by atoms with Gasteiger partial charge in [-0.25, -0.2) is 19.2 Å². The second-order valence-electron chi connectivity index (χ2n) is 15.9. The van der Waals surface area contributed by atoms with Gasteiger partial charge >= 0.3 is 11.9 Å². The van der Waals surface area contributed by atoms with Gasteiger partial charge in [-0.05, 0) is 125 Å². The second-order valence-corrected chi connectivity index (χ2v) is 16.9. The molecule has 298 valence electrons. The number of carboxylic acid groups (broad SMARTS) is 1. The number of carbonyl (C=O) groups excluding carboxylic acids is 2. The van der Waals surface area contributed by atoms with E-state index < -0.39 is 23.2 Å². The maximum Gasteiger partial charge on any atom is 0.358 e. The number of carboxylic acids is 1. The summed E-state index contributed by atoms with van der Waals surface area (Å²) >= 11 is 1.43. The third kappa shape index (κ3) is 9.60. The number of piperidine rings is 1. The van der Waals surface area contributed by atoms with Crippen molar-refractivity contribution in [3.05, 3.63) is 101 Å².